The summed E-state index contributed by atoms with van der Waals surface area (Å²) in [5, 5.41) is 7.07. The number of hydrogen-bond donors (Lipinski definition) is 1. The fourth-order valence-corrected chi connectivity index (χ4v) is 1.21. The Morgan fingerprint density at radius 3 is 2.91 bits per heavy atom. The maximum Gasteiger partial charge on any atom is 0.156 e. The van der Waals surface area contributed by atoms with Crippen molar-refractivity contribution in [1.29, 1.82) is 0 Å². The standard InChI is InChI=1S/C8H12N2O/c1-6-8(5-9-11-6)10-7-3-2-4-7/h5,7,10H,2-4H2,1H3. The lowest BCUT2D eigenvalue weighted by atomic mass is 9.93. The van der Waals surface area contributed by atoms with Crippen molar-refractivity contribution in [2.24, 2.45) is 0 Å². The maximum atomic E-state index is 4.92. The molecule has 2 rings (SSSR count). The molecule has 0 atom stereocenters. The average molecular weight is 152 g/mol. The van der Waals surface area contributed by atoms with Gasteiger partial charge in [-0.25, -0.2) is 0 Å². The topological polar surface area (TPSA) is 38.1 Å². The van der Waals surface area contributed by atoms with Crippen LogP contribution in [0.25, 0.3) is 0 Å². The number of hydrogen-bond acceptors (Lipinski definition) is 3. The highest BCUT2D eigenvalue weighted by atomic mass is 16.5. The maximum absolute atomic E-state index is 4.92. The number of nitrogens with zero attached hydrogens (tertiary/aromatic N) is 1. The van der Waals surface area contributed by atoms with Gasteiger partial charge in [-0.3, -0.25) is 0 Å². The summed E-state index contributed by atoms with van der Waals surface area (Å²) in [6, 6.07) is 0.660. The van der Waals surface area contributed by atoms with Gasteiger partial charge in [0.25, 0.3) is 0 Å². The van der Waals surface area contributed by atoms with Crippen LogP contribution < -0.4 is 5.32 Å². The molecule has 0 bridgehead atoms. The van der Waals surface area contributed by atoms with Crippen LogP contribution in [0.5, 0.6) is 0 Å². The highest BCUT2D eigenvalue weighted by molar-refractivity contribution is 5.44. The lowest BCUT2D eigenvalue weighted by molar-refractivity contribution is 0.396. The highest BCUT2D eigenvalue weighted by Crippen LogP contribution is 2.24. The van der Waals surface area contributed by atoms with E-state index in [1.807, 2.05) is 6.92 Å². The number of anilines is 1. The average Bonchev–Trinajstić information content (AvgIpc) is 2.27. The van der Waals surface area contributed by atoms with Crippen molar-refractivity contribution >= 4 is 5.69 Å². The van der Waals surface area contributed by atoms with E-state index in [1.165, 1.54) is 19.3 Å². The molecule has 0 aromatic carbocycles. The minimum Gasteiger partial charge on any atom is -0.378 e. The second-order valence-electron chi connectivity index (χ2n) is 3.07. The number of nitrogens with one attached hydrogen (secondary N) is 1. The largest absolute Gasteiger partial charge is 0.378 e. The number of aryl methyl sites for hydroxylation is 1. The van der Waals surface area contributed by atoms with Gasteiger partial charge < -0.3 is 9.84 Å². The van der Waals surface area contributed by atoms with Crippen LogP contribution in [-0.4, -0.2) is 11.2 Å². The van der Waals surface area contributed by atoms with Crippen molar-refractivity contribution in [3.05, 3.63) is 12.0 Å². The fourth-order valence-electron chi connectivity index (χ4n) is 1.21. The van der Waals surface area contributed by atoms with Crippen molar-refractivity contribution in [2.75, 3.05) is 5.32 Å². The molecule has 1 aromatic rings. The van der Waals surface area contributed by atoms with Crippen LogP contribution in [0.1, 0.15) is 25.0 Å². The molecule has 11 heavy (non-hydrogen) atoms. The predicted octanol–water partition coefficient (Wildman–Crippen LogP) is 1.95. The van der Waals surface area contributed by atoms with Crippen LogP contribution in [0, 0.1) is 6.92 Å². The van der Waals surface area contributed by atoms with Crippen molar-refractivity contribution in [3.63, 3.8) is 0 Å². The van der Waals surface area contributed by atoms with Gasteiger partial charge >= 0.3 is 0 Å². The van der Waals surface area contributed by atoms with Gasteiger partial charge in [0.05, 0.1) is 11.9 Å². The van der Waals surface area contributed by atoms with Gasteiger partial charge in [-0.2, -0.15) is 0 Å². The second kappa shape index (κ2) is 2.57. The number of aromatic nitrogens is 1. The third-order valence-corrected chi connectivity index (χ3v) is 2.22. The van der Waals surface area contributed by atoms with Crippen LogP contribution in [0.15, 0.2) is 10.7 Å². The molecular weight excluding hydrogens is 140 g/mol. The molecule has 1 aromatic heterocycles. The van der Waals surface area contributed by atoms with Gasteiger partial charge in [0.2, 0.25) is 0 Å². The Kier molecular flexibility index (Phi) is 1.56. The van der Waals surface area contributed by atoms with E-state index >= 15 is 0 Å². The quantitative estimate of drug-likeness (QED) is 0.703. The third kappa shape index (κ3) is 1.23. The summed E-state index contributed by atoms with van der Waals surface area (Å²) in [6.07, 6.45) is 5.66. The highest BCUT2D eigenvalue weighted by Gasteiger charge is 2.18. The lowest BCUT2D eigenvalue weighted by Gasteiger charge is -2.26. The molecule has 0 aliphatic heterocycles. The molecule has 0 amide bonds. The lowest BCUT2D eigenvalue weighted by Crippen LogP contribution is -2.26. The van der Waals surface area contributed by atoms with E-state index in [2.05, 4.69) is 10.5 Å². The monoisotopic (exact) mass is 152 g/mol. The molecule has 0 radical (unpaired) electrons. The molecule has 1 aliphatic rings. The van der Waals surface area contributed by atoms with Crippen molar-refractivity contribution in [2.45, 2.75) is 32.2 Å². The fraction of sp³-hybridized carbons (Fsp3) is 0.625. The minimum absolute atomic E-state index is 0.660. The van der Waals surface area contributed by atoms with Gasteiger partial charge in [0.15, 0.2) is 5.76 Å². The van der Waals surface area contributed by atoms with Crippen molar-refractivity contribution in [1.82, 2.24) is 5.16 Å². The van der Waals surface area contributed by atoms with Crippen LogP contribution in [0.4, 0.5) is 5.69 Å². The van der Waals surface area contributed by atoms with E-state index in [-0.39, 0.29) is 0 Å². The minimum atomic E-state index is 0.660. The van der Waals surface area contributed by atoms with E-state index in [4.69, 9.17) is 4.52 Å². The Hall–Kier alpha value is -0.990. The zero-order chi connectivity index (χ0) is 7.68. The van der Waals surface area contributed by atoms with Crippen LogP contribution >= 0.6 is 0 Å². The Labute approximate surface area is 65.8 Å². The molecule has 3 heteroatoms. The van der Waals surface area contributed by atoms with E-state index in [9.17, 15) is 0 Å². The second-order valence-corrected chi connectivity index (χ2v) is 3.07. The number of rotatable bonds is 2. The summed E-state index contributed by atoms with van der Waals surface area (Å²) < 4.78 is 4.92. The van der Waals surface area contributed by atoms with Gasteiger partial charge in [-0.15, -0.1) is 0 Å². The van der Waals surface area contributed by atoms with Crippen molar-refractivity contribution < 1.29 is 4.52 Å². The van der Waals surface area contributed by atoms with Crippen LogP contribution in [0.3, 0.4) is 0 Å². The first-order valence-electron chi connectivity index (χ1n) is 4.04. The van der Waals surface area contributed by atoms with E-state index in [1.54, 1.807) is 6.20 Å². The van der Waals surface area contributed by atoms with Gasteiger partial charge in [0, 0.05) is 6.04 Å². The first kappa shape index (κ1) is 6.70. The molecular formula is C8H12N2O. The van der Waals surface area contributed by atoms with E-state index < -0.39 is 0 Å². The van der Waals surface area contributed by atoms with Gasteiger partial charge in [-0.1, -0.05) is 5.16 Å². The summed E-state index contributed by atoms with van der Waals surface area (Å²) in [5.74, 6) is 0.886. The van der Waals surface area contributed by atoms with E-state index in [0.29, 0.717) is 6.04 Å². The molecule has 0 unspecified atom stereocenters. The molecule has 1 saturated carbocycles. The smallest absolute Gasteiger partial charge is 0.156 e. The molecule has 1 heterocycles. The summed E-state index contributed by atoms with van der Waals surface area (Å²) in [7, 11) is 0. The molecule has 1 fully saturated rings. The Morgan fingerprint density at radius 1 is 1.64 bits per heavy atom. The SMILES string of the molecule is Cc1oncc1NC1CCC1. The van der Waals surface area contributed by atoms with Gasteiger partial charge in [-0.05, 0) is 26.2 Å². The molecule has 0 saturated heterocycles. The van der Waals surface area contributed by atoms with Crippen LogP contribution in [-0.2, 0) is 0 Å². The Balaban J connectivity index is 1.99. The third-order valence-electron chi connectivity index (χ3n) is 2.22. The zero-order valence-corrected chi connectivity index (χ0v) is 6.63. The summed E-state index contributed by atoms with van der Waals surface area (Å²) in [4.78, 5) is 0. The van der Waals surface area contributed by atoms with E-state index in [0.717, 1.165) is 11.4 Å². The van der Waals surface area contributed by atoms with Gasteiger partial charge in [0.1, 0.15) is 0 Å². The molecule has 3 nitrogen and oxygen atoms in total. The first-order chi connectivity index (χ1) is 5.36. The van der Waals surface area contributed by atoms with Crippen molar-refractivity contribution in [3.8, 4) is 0 Å². The molecule has 1 aliphatic carbocycles. The summed E-state index contributed by atoms with van der Waals surface area (Å²) >= 11 is 0. The zero-order valence-electron chi connectivity index (χ0n) is 6.63. The summed E-state index contributed by atoms with van der Waals surface area (Å²) in [5.41, 5.74) is 1.05. The first-order valence-corrected chi connectivity index (χ1v) is 4.04. The molecule has 60 valence electrons. The Morgan fingerprint density at radius 2 is 2.45 bits per heavy atom. The molecule has 1 N–H and O–H groups in total. The Bertz CT molecular complexity index is 240. The normalized spacial score (nSPS) is 17.9. The molecule has 0 spiro atoms. The van der Waals surface area contributed by atoms with Crippen LogP contribution in [0.2, 0.25) is 0 Å². The predicted molar refractivity (Wildman–Crippen MR) is 42.5 cm³/mol. The summed E-state index contributed by atoms with van der Waals surface area (Å²) in [6.45, 7) is 1.92.